The average molecular weight is 636 g/mol. The van der Waals surface area contributed by atoms with Gasteiger partial charge in [0, 0.05) is 12.7 Å². The normalized spacial score (nSPS) is 12.9. The number of rotatable bonds is 15. The van der Waals surface area contributed by atoms with E-state index in [2.05, 4.69) is 20.9 Å². The summed E-state index contributed by atoms with van der Waals surface area (Å²) in [6, 6.07) is 17.4. The fraction of sp³-hybridized carbons (Fsp3) is 0.441. The van der Waals surface area contributed by atoms with E-state index < -0.39 is 47.0 Å². The molecule has 12 nitrogen and oxygen atoms in total. The lowest BCUT2D eigenvalue weighted by atomic mass is 9.94. The number of anilines is 1. The molecule has 0 bridgehead atoms. The number of nitrogens with zero attached hydrogens (tertiary/aromatic N) is 2. The Bertz CT molecular complexity index is 1470. The molecule has 3 rings (SSSR count). The second-order valence-corrected chi connectivity index (χ2v) is 12.6. The van der Waals surface area contributed by atoms with Gasteiger partial charge < -0.3 is 35.1 Å². The summed E-state index contributed by atoms with van der Waals surface area (Å²) in [6.45, 7) is 10.5. The number of nitrogens with one attached hydrogen (secondary N) is 3. The molecule has 0 aliphatic heterocycles. The molecule has 4 N–H and O–H groups in total. The van der Waals surface area contributed by atoms with Gasteiger partial charge in [0.25, 0.3) is 5.91 Å². The number of carboxylic acids is 1. The van der Waals surface area contributed by atoms with E-state index >= 15 is 0 Å². The number of aromatic nitrogens is 2. The number of hydrogen-bond donors (Lipinski definition) is 4. The molecular formula is C34H45N5O7. The van der Waals surface area contributed by atoms with Gasteiger partial charge in [-0.05, 0) is 65.5 Å². The summed E-state index contributed by atoms with van der Waals surface area (Å²) in [5, 5.41) is 17.7. The fourth-order valence-electron chi connectivity index (χ4n) is 4.60. The first kappa shape index (κ1) is 35.8. The molecule has 3 aromatic rings. The highest BCUT2D eigenvalue weighted by atomic mass is 16.6. The third-order valence-electron chi connectivity index (χ3n) is 7.02. The van der Waals surface area contributed by atoms with Gasteiger partial charge in [0.2, 0.25) is 5.91 Å². The van der Waals surface area contributed by atoms with Crippen molar-refractivity contribution in [3.8, 4) is 0 Å². The highest BCUT2D eigenvalue weighted by molar-refractivity contribution is 5.98. The first-order chi connectivity index (χ1) is 21.6. The fourth-order valence-corrected chi connectivity index (χ4v) is 4.60. The van der Waals surface area contributed by atoms with Gasteiger partial charge in [-0.25, -0.2) is 9.78 Å². The molecule has 0 spiro atoms. The highest BCUT2D eigenvalue weighted by Crippen LogP contribution is 2.22. The van der Waals surface area contributed by atoms with Crippen molar-refractivity contribution in [2.24, 2.45) is 0 Å². The van der Waals surface area contributed by atoms with E-state index in [1.165, 1.54) is 13.8 Å². The Kier molecular flexibility index (Phi) is 12.5. The van der Waals surface area contributed by atoms with Crippen molar-refractivity contribution < 1.29 is 33.8 Å². The molecule has 0 saturated carbocycles. The molecule has 1 heterocycles. The van der Waals surface area contributed by atoms with Crippen LogP contribution < -0.4 is 16.0 Å². The van der Waals surface area contributed by atoms with Crippen LogP contribution in [0.2, 0.25) is 0 Å². The predicted molar refractivity (Wildman–Crippen MR) is 173 cm³/mol. The monoisotopic (exact) mass is 635 g/mol. The zero-order valence-corrected chi connectivity index (χ0v) is 27.3. The summed E-state index contributed by atoms with van der Waals surface area (Å²) in [5.41, 5.74) is -0.526. The molecule has 2 aromatic carbocycles. The quantitative estimate of drug-likeness (QED) is 0.186. The second kappa shape index (κ2) is 16.0. The van der Waals surface area contributed by atoms with E-state index in [4.69, 9.17) is 9.47 Å². The molecule has 0 aliphatic carbocycles. The molecule has 248 valence electrons. The second-order valence-electron chi connectivity index (χ2n) is 12.6. The van der Waals surface area contributed by atoms with Crippen LogP contribution in [0, 0.1) is 6.92 Å². The van der Waals surface area contributed by atoms with Crippen molar-refractivity contribution >= 4 is 29.7 Å². The number of aryl methyl sites for hydroxylation is 2. The first-order valence-corrected chi connectivity index (χ1v) is 15.2. The van der Waals surface area contributed by atoms with Gasteiger partial charge in [-0.2, -0.15) is 0 Å². The van der Waals surface area contributed by atoms with E-state index in [1.807, 2.05) is 65.2 Å². The number of benzene rings is 2. The average Bonchev–Trinajstić information content (AvgIpc) is 3.32. The van der Waals surface area contributed by atoms with E-state index in [-0.39, 0.29) is 19.0 Å². The third-order valence-corrected chi connectivity index (χ3v) is 7.02. The molecule has 1 aromatic heterocycles. The third kappa shape index (κ3) is 11.3. The van der Waals surface area contributed by atoms with Crippen molar-refractivity contribution in [2.75, 3.05) is 11.9 Å². The van der Waals surface area contributed by atoms with Gasteiger partial charge in [0.05, 0.1) is 19.1 Å². The smallest absolute Gasteiger partial charge is 0.408 e. The van der Waals surface area contributed by atoms with Gasteiger partial charge in [0.15, 0.2) is 5.82 Å². The largest absolute Gasteiger partial charge is 0.481 e. The predicted octanol–water partition coefficient (Wildman–Crippen LogP) is 4.78. The summed E-state index contributed by atoms with van der Waals surface area (Å²) >= 11 is 0. The number of amides is 3. The zero-order chi connectivity index (χ0) is 33.9. The first-order valence-electron chi connectivity index (χ1n) is 15.2. The van der Waals surface area contributed by atoms with Gasteiger partial charge >= 0.3 is 12.1 Å². The molecular weight excluding hydrogens is 590 g/mol. The minimum atomic E-state index is -1.41. The van der Waals surface area contributed by atoms with E-state index in [0.29, 0.717) is 25.2 Å². The van der Waals surface area contributed by atoms with Crippen LogP contribution in [0.3, 0.4) is 0 Å². The number of hydrogen-bond acceptors (Lipinski definition) is 7. The van der Waals surface area contributed by atoms with E-state index in [9.17, 15) is 24.3 Å². The summed E-state index contributed by atoms with van der Waals surface area (Å²) in [4.78, 5) is 55.4. The Balaban J connectivity index is 1.67. The van der Waals surface area contributed by atoms with Crippen LogP contribution in [-0.2, 0) is 37.0 Å². The summed E-state index contributed by atoms with van der Waals surface area (Å²) in [7, 11) is 0. The number of carbonyl (C=O) groups excluding carboxylic acids is 3. The number of carbonyl (C=O) groups is 4. The number of ether oxygens (including phenoxy) is 2. The van der Waals surface area contributed by atoms with E-state index in [0.717, 1.165) is 11.1 Å². The maximum absolute atomic E-state index is 13.5. The number of imidazole rings is 1. The summed E-state index contributed by atoms with van der Waals surface area (Å²) in [6.07, 6.45) is 1.90. The van der Waals surface area contributed by atoms with Crippen molar-refractivity contribution in [1.82, 2.24) is 20.2 Å². The van der Waals surface area contributed by atoms with Crippen LogP contribution >= 0.6 is 0 Å². The van der Waals surface area contributed by atoms with Gasteiger partial charge in [0.1, 0.15) is 23.0 Å². The number of aliphatic carboxylic acids is 1. The SMILES string of the molecule is Cc1nc(NC(=O)[C@@H](COCc2ccccc2)NC(=O)C(C)(C)NC(=O)OC(C)(C)C)cn1CCCC(C(=O)O)c1ccccc1. The molecule has 0 aliphatic rings. The van der Waals surface area contributed by atoms with Crippen LogP contribution in [0.25, 0.3) is 0 Å². The Morgan fingerprint density at radius 3 is 2.20 bits per heavy atom. The minimum Gasteiger partial charge on any atom is -0.481 e. The lowest BCUT2D eigenvalue weighted by molar-refractivity contribution is -0.139. The molecule has 0 saturated heterocycles. The molecule has 3 amide bonds. The van der Waals surface area contributed by atoms with Gasteiger partial charge in [-0.3, -0.25) is 14.4 Å². The van der Waals surface area contributed by atoms with Crippen molar-refractivity contribution in [1.29, 1.82) is 0 Å². The molecule has 2 atom stereocenters. The topological polar surface area (TPSA) is 161 Å². The lowest BCUT2D eigenvalue weighted by Crippen LogP contribution is -2.59. The Morgan fingerprint density at radius 2 is 1.59 bits per heavy atom. The Hall–Kier alpha value is -4.71. The number of alkyl carbamates (subject to hydrolysis) is 1. The van der Waals surface area contributed by atoms with Gasteiger partial charge in [-0.1, -0.05) is 60.7 Å². The summed E-state index contributed by atoms with van der Waals surface area (Å²) in [5.74, 6) is -1.78. The van der Waals surface area contributed by atoms with Gasteiger partial charge in [-0.15, -0.1) is 0 Å². The minimum absolute atomic E-state index is 0.148. The molecule has 0 fully saturated rings. The summed E-state index contributed by atoms with van der Waals surface area (Å²) < 4.78 is 12.9. The van der Waals surface area contributed by atoms with Crippen LogP contribution in [0.1, 0.15) is 70.3 Å². The maximum atomic E-state index is 13.5. The molecule has 46 heavy (non-hydrogen) atoms. The standard InChI is InChI=1S/C34H45N5O7/c1-23-35-28(20-39(23)19-13-18-26(30(41)42)25-16-11-8-12-17-25)37-29(40)27(22-45-21-24-14-9-7-10-15-24)36-31(43)34(5,6)38-32(44)46-33(2,3)4/h7-12,14-17,20,26-27H,13,18-19,21-22H2,1-6H3,(H,36,43)(H,37,40)(H,38,44)(H,41,42)/t26?,27-/m1/s1. The van der Waals surface area contributed by atoms with Crippen molar-refractivity contribution in [3.05, 3.63) is 83.8 Å². The van der Waals surface area contributed by atoms with Crippen LogP contribution in [0.15, 0.2) is 66.9 Å². The highest BCUT2D eigenvalue weighted by Gasteiger charge is 2.34. The maximum Gasteiger partial charge on any atom is 0.408 e. The molecule has 12 heteroatoms. The van der Waals surface area contributed by atoms with Crippen molar-refractivity contribution in [3.63, 3.8) is 0 Å². The lowest BCUT2D eigenvalue weighted by Gasteiger charge is -2.29. The van der Waals surface area contributed by atoms with Crippen LogP contribution in [0.4, 0.5) is 10.6 Å². The van der Waals surface area contributed by atoms with Crippen LogP contribution in [-0.4, -0.2) is 62.3 Å². The zero-order valence-electron chi connectivity index (χ0n) is 27.3. The molecule has 1 unspecified atom stereocenters. The van der Waals surface area contributed by atoms with E-state index in [1.54, 1.807) is 33.9 Å². The number of carboxylic acid groups (broad SMARTS) is 1. The Labute approximate surface area is 269 Å². The van der Waals surface area contributed by atoms with Crippen molar-refractivity contribution in [2.45, 2.75) is 90.6 Å². The molecule has 0 radical (unpaired) electrons. The Morgan fingerprint density at radius 1 is 0.957 bits per heavy atom. The van der Waals surface area contributed by atoms with Crippen LogP contribution in [0.5, 0.6) is 0 Å².